The number of rotatable bonds is 3. The van der Waals surface area contributed by atoms with Crippen LogP contribution in [0.15, 0.2) is 54.1 Å². The zero-order chi connectivity index (χ0) is 16.6. The van der Waals surface area contributed by atoms with Gasteiger partial charge in [-0.15, -0.1) is 0 Å². The molecule has 23 heavy (non-hydrogen) atoms. The number of halogens is 1. The Kier molecular flexibility index (Phi) is 3.72. The molecule has 0 atom stereocenters. The van der Waals surface area contributed by atoms with Gasteiger partial charge in [-0.2, -0.15) is 0 Å². The van der Waals surface area contributed by atoms with Gasteiger partial charge < -0.3 is 5.73 Å². The summed E-state index contributed by atoms with van der Waals surface area (Å²) in [5, 5.41) is 11.1. The topological polar surface area (TPSA) is 96.0 Å². The number of hydrogen-bond acceptors (Lipinski definition) is 4. The highest BCUT2D eigenvalue weighted by molar-refractivity contribution is 6.47. The summed E-state index contributed by atoms with van der Waals surface area (Å²) in [6.45, 7) is 0. The molecule has 0 saturated heterocycles. The van der Waals surface area contributed by atoms with Gasteiger partial charge in [0.25, 0.3) is 11.8 Å². The molecule has 0 radical (unpaired) electrons. The van der Waals surface area contributed by atoms with Crippen LogP contribution in [0.2, 0.25) is 5.02 Å². The second-order valence-corrected chi connectivity index (χ2v) is 5.44. The van der Waals surface area contributed by atoms with Gasteiger partial charge in [-0.25, -0.2) is 0 Å². The number of para-hydroxylation sites is 1. The lowest BCUT2D eigenvalue weighted by Crippen LogP contribution is -2.25. The number of carbonyl (C=O) groups excluding carboxylic acids is 2. The molecule has 0 saturated carbocycles. The van der Waals surface area contributed by atoms with E-state index in [1.807, 2.05) is 0 Å². The van der Waals surface area contributed by atoms with Crippen LogP contribution in [0.25, 0.3) is 5.57 Å². The highest BCUT2D eigenvalue weighted by atomic mass is 35.5. The molecule has 114 valence electrons. The summed E-state index contributed by atoms with van der Waals surface area (Å²) in [4.78, 5) is 24.3. The smallest absolute Gasteiger partial charge is 0.261 e. The molecular formula is C17H12ClN3O2. The fourth-order valence-corrected chi connectivity index (χ4v) is 2.57. The Morgan fingerprint density at radius 1 is 1.00 bits per heavy atom. The fourth-order valence-electron chi connectivity index (χ4n) is 2.45. The summed E-state index contributed by atoms with van der Waals surface area (Å²) < 4.78 is 0. The summed E-state index contributed by atoms with van der Waals surface area (Å²) in [6.07, 6.45) is 0. The lowest BCUT2D eigenvalue weighted by molar-refractivity contribution is -0.123. The van der Waals surface area contributed by atoms with Crippen molar-refractivity contribution in [2.75, 3.05) is 5.73 Å². The quantitative estimate of drug-likeness (QED) is 0.459. The number of imide groups is 1. The third-order valence-corrected chi connectivity index (χ3v) is 3.80. The first-order chi connectivity index (χ1) is 11.0. The summed E-state index contributed by atoms with van der Waals surface area (Å²) in [7, 11) is 0. The van der Waals surface area contributed by atoms with E-state index in [0.717, 1.165) is 0 Å². The molecule has 0 aromatic heterocycles. The van der Waals surface area contributed by atoms with Crippen LogP contribution in [-0.2, 0) is 9.59 Å². The standard InChI is InChI=1S/C17H12ClN3O2/c18-10-7-5-9(6-8-10)13-14(17(23)21-16(13)22)15(20)11-3-1-2-4-12(11)19/h1-8,20H,19H2,(H,21,22,23). The molecule has 0 unspecified atom stereocenters. The molecular weight excluding hydrogens is 314 g/mol. The minimum Gasteiger partial charge on any atom is -0.398 e. The Morgan fingerprint density at radius 2 is 1.65 bits per heavy atom. The Bertz CT molecular complexity index is 870. The van der Waals surface area contributed by atoms with Gasteiger partial charge in [0.05, 0.1) is 16.9 Å². The number of nitrogen functional groups attached to an aromatic ring is 1. The van der Waals surface area contributed by atoms with E-state index < -0.39 is 11.8 Å². The highest BCUT2D eigenvalue weighted by Gasteiger charge is 2.34. The van der Waals surface area contributed by atoms with E-state index in [2.05, 4.69) is 5.32 Å². The maximum Gasteiger partial charge on any atom is 0.261 e. The van der Waals surface area contributed by atoms with E-state index >= 15 is 0 Å². The van der Waals surface area contributed by atoms with E-state index in [9.17, 15) is 9.59 Å². The van der Waals surface area contributed by atoms with Gasteiger partial charge in [-0.3, -0.25) is 20.3 Å². The van der Waals surface area contributed by atoms with Gasteiger partial charge in [-0.1, -0.05) is 41.9 Å². The van der Waals surface area contributed by atoms with Crippen molar-refractivity contribution in [2.45, 2.75) is 0 Å². The third-order valence-electron chi connectivity index (χ3n) is 3.54. The van der Waals surface area contributed by atoms with E-state index in [1.165, 1.54) is 0 Å². The van der Waals surface area contributed by atoms with Crippen LogP contribution in [0.1, 0.15) is 11.1 Å². The van der Waals surface area contributed by atoms with Crippen LogP contribution < -0.4 is 11.1 Å². The van der Waals surface area contributed by atoms with Gasteiger partial charge in [0.15, 0.2) is 0 Å². The van der Waals surface area contributed by atoms with Crippen molar-refractivity contribution in [1.29, 1.82) is 5.41 Å². The molecule has 2 aromatic carbocycles. The normalized spacial score (nSPS) is 14.1. The molecule has 1 aliphatic rings. The van der Waals surface area contributed by atoms with Crippen LogP contribution in [0.5, 0.6) is 0 Å². The molecule has 3 rings (SSSR count). The second kappa shape index (κ2) is 5.70. The van der Waals surface area contributed by atoms with Crippen molar-refractivity contribution < 1.29 is 9.59 Å². The van der Waals surface area contributed by atoms with Gasteiger partial charge in [0.1, 0.15) is 0 Å². The van der Waals surface area contributed by atoms with Crippen LogP contribution in [0, 0.1) is 5.41 Å². The zero-order valence-corrected chi connectivity index (χ0v) is 12.6. The second-order valence-electron chi connectivity index (χ2n) is 5.00. The Morgan fingerprint density at radius 3 is 2.30 bits per heavy atom. The Hall–Kier alpha value is -2.92. The molecule has 0 aliphatic carbocycles. The zero-order valence-electron chi connectivity index (χ0n) is 11.9. The third kappa shape index (κ3) is 2.62. The molecule has 2 amide bonds. The maximum atomic E-state index is 12.2. The number of anilines is 1. The maximum absolute atomic E-state index is 12.2. The monoisotopic (exact) mass is 325 g/mol. The molecule has 1 aliphatic heterocycles. The van der Waals surface area contributed by atoms with Crippen LogP contribution in [-0.4, -0.2) is 17.5 Å². The van der Waals surface area contributed by atoms with Crippen LogP contribution in [0.3, 0.4) is 0 Å². The summed E-state index contributed by atoms with van der Waals surface area (Å²) >= 11 is 5.86. The van der Waals surface area contributed by atoms with Crippen molar-refractivity contribution in [2.24, 2.45) is 0 Å². The van der Waals surface area contributed by atoms with Crippen molar-refractivity contribution in [1.82, 2.24) is 5.32 Å². The summed E-state index contributed by atoms with van der Waals surface area (Å²) in [5.74, 6) is -1.14. The molecule has 6 heteroatoms. The Balaban J connectivity index is 2.18. The molecule has 0 fully saturated rings. The predicted molar refractivity (Wildman–Crippen MR) is 89.2 cm³/mol. The highest BCUT2D eigenvalue weighted by Crippen LogP contribution is 2.28. The van der Waals surface area contributed by atoms with Crippen molar-refractivity contribution in [3.05, 3.63) is 70.3 Å². The average Bonchev–Trinajstić information content (AvgIpc) is 2.82. The minimum atomic E-state index is -0.604. The van der Waals surface area contributed by atoms with Crippen molar-refractivity contribution in [3.8, 4) is 0 Å². The minimum absolute atomic E-state index is 0.00947. The Labute approximate surface area is 137 Å². The number of amides is 2. The van der Waals surface area contributed by atoms with Gasteiger partial charge in [0, 0.05) is 16.3 Å². The molecule has 5 nitrogen and oxygen atoms in total. The largest absolute Gasteiger partial charge is 0.398 e. The number of benzene rings is 2. The van der Waals surface area contributed by atoms with Gasteiger partial charge in [0.2, 0.25) is 0 Å². The van der Waals surface area contributed by atoms with E-state index in [4.69, 9.17) is 22.7 Å². The first-order valence-electron chi connectivity index (χ1n) is 6.78. The van der Waals surface area contributed by atoms with Crippen molar-refractivity contribution in [3.63, 3.8) is 0 Å². The van der Waals surface area contributed by atoms with Crippen LogP contribution >= 0.6 is 11.6 Å². The predicted octanol–water partition coefficient (Wildman–Crippen LogP) is 2.40. The lowest BCUT2D eigenvalue weighted by Gasteiger charge is -2.09. The number of hydrogen-bond donors (Lipinski definition) is 3. The van der Waals surface area contributed by atoms with Crippen molar-refractivity contribution >= 4 is 40.4 Å². The molecule has 0 bridgehead atoms. The van der Waals surface area contributed by atoms with E-state index in [1.54, 1.807) is 48.5 Å². The number of nitrogens with two attached hydrogens (primary N) is 1. The molecule has 0 spiro atoms. The first kappa shape index (κ1) is 15.0. The SMILES string of the molecule is N=C(C1=C(c2ccc(Cl)cc2)C(=O)NC1=O)c1ccccc1N. The lowest BCUT2D eigenvalue weighted by atomic mass is 9.94. The average molecular weight is 326 g/mol. The van der Waals surface area contributed by atoms with E-state index in [0.29, 0.717) is 21.8 Å². The first-order valence-corrected chi connectivity index (χ1v) is 7.16. The fraction of sp³-hybridized carbons (Fsp3) is 0. The number of carbonyl (C=O) groups is 2. The van der Waals surface area contributed by atoms with E-state index in [-0.39, 0.29) is 16.9 Å². The molecule has 1 heterocycles. The van der Waals surface area contributed by atoms with Gasteiger partial charge >= 0.3 is 0 Å². The summed E-state index contributed by atoms with van der Waals surface area (Å²) in [5.41, 5.74) is 7.24. The van der Waals surface area contributed by atoms with Gasteiger partial charge in [-0.05, 0) is 23.8 Å². The molecule has 4 N–H and O–H groups in total. The van der Waals surface area contributed by atoms with Crippen LogP contribution in [0.4, 0.5) is 5.69 Å². The molecule has 2 aromatic rings. The number of nitrogens with one attached hydrogen (secondary N) is 2. The summed E-state index contributed by atoms with van der Waals surface area (Å²) in [6, 6.07) is 13.3.